The Bertz CT molecular complexity index is 683. The Hall–Kier alpha value is -2.58. The zero-order valence-electron chi connectivity index (χ0n) is 12.8. The van der Waals surface area contributed by atoms with Crippen LogP contribution in [0.3, 0.4) is 0 Å². The van der Waals surface area contributed by atoms with Gasteiger partial charge in [0.05, 0.1) is 18.7 Å². The van der Waals surface area contributed by atoms with E-state index in [1.807, 2.05) is 6.92 Å². The van der Waals surface area contributed by atoms with E-state index in [9.17, 15) is 17.6 Å². The van der Waals surface area contributed by atoms with Crippen molar-refractivity contribution in [2.75, 3.05) is 6.54 Å². The molecule has 5 nitrogen and oxygen atoms in total. The molecule has 0 aliphatic carbocycles. The topological polar surface area (TPSA) is 62.5 Å². The monoisotopic (exact) mass is 344 g/mol. The summed E-state index contributed by atoms with van der Waals surface area (Å²) in [7, 11) is 0. The lowest BCUT2D eigenvalue weighted by Gasteiger charge is -2.13. The van der Waals surface area contributed by atoms with Gasteiger partial charge in [0, 0.05) is 12.6 Å². The van der Waals surface area contributed by atoms with Crippen LogP contribution in [0.15, 0.2) is 40.0 Å². The Balaban J connectivity index is 2.13. The third kappa shape index (κ3) is 4.97. The number of aliphatic imine (C=N–C) groups is 1. The van der Waals surface area contributed by atoms with Crippen molar-refractivity contribution in [2.24, 2.45) is 4.99 Å². The molecule has 2 aromatic rings. The number of guanidine groups is 1. The van der Waals surface area contributed by atoms with E-state index in [2.05, 4.69) is 25.3 Å². The van der Waals surface area contributed by atoms with Crippen LogP contribution in [-0.2, 0) is 19.3 Å². The summed E-state index contributed by atoms with van der Waals surface area (Å²) in [5, 5.41) is 9.55. The second-order valence-electron chi connectivity index (χ2n) is 4.84. The van der Waals surface area contributed by atoms with Crippen LogP contribution in [0.2, 0.25) is 0 Å². The minimum Gasteiger partial charge on any atom is -0.364 e. The highest BCUT2D eigenvalue weighted by Gasteiger charge is 2.33. The van der Waals surface area contributed by atoms with E-state index in [0.29, 0.717) is 30.8 Å². The van der Waals surface area contributed by atoms with Crippen molar-refractivity contribution >= 4 is 5.96 Å². The second-order valence-corrected chi connectivity index (χ2v) is 4.84. The van der Waals surface area contributed by atoms with Gasteiger partial charge in [-0.15, -0.1) is 0 Å². The van der Waals surface area contributed by atoms with Gasteiger partial charge in [0.25, 0.3) is 0 Å². The fourth-order valence-electron chi connectivity index (χ4n) is 1.96. The van der Waals surface area contributed by atoms with Crippen molar-refractivity contribution < 1.29 is 22.1 Å². The van der Waals surface area contributed by atoms with Crippen molar-refractivity contribution in [3.63, 3.8) is 0 Å². The highest BCUT2D eigenvalue weighted by Crippen LogP contribution is 2.32. The zero-order valence-corrected chi connectivity index (χ0v) is 12.8. The van der Waals surface area contributed by atoms with Crippen molar-refractivity contribution in [3.8, 4) is 0 Å². The van der Waals surface area contributed by atoms with Gasteiger partial charge in [-0.2, -0.15) is 13.2 Å². The van der Waals surface area contributed by atoms with Crippen molar-refractivity contribution in [1.82, 2.24) is 15.8 Å². The molecule has 1 aromatic carbocycles. The summed E-state index contributed by atoms with van der Waals surface area (Å²) in [6.07, 6.45) is -3.23. The van der Waals surface area contributed by atoms with E-state index < -0.39 is 17.6 Å². The van der Waals surface area contributed by atoms with Crippen molar-refractivity contribution in [1.29, 1.82) is 0 Å². The molecule has 0 saturated heterocycles. The summed E-state index contributed by atoms with van der Waals surface area (Å²) in [4.78, 5) is 4.10. The fraction of sp³-hybridized carbons (Fsp3) is 0.333. The van der Waals surface area contributed by atoms with E-state index in [1.54, 1.807) is 6.07 Å². The molecule has 24 heavy (non-hydrogen) atoms. The second kappa shape index (κ2) is 7.80. The van der Waals surface area contributed by atoms with E-state index in [-0.39, 0.29) is 12.1 Å². The number of nitrogens with one attached hydrogen (secondary N) is 2. The van der Waals surface area contributed by atoms with Crippen LogP contribution in [0, 0.1) is 5.82 Å². The zero-order chi connectivity index (χ0) is 17.6. The first-order valence-corrected chi connectivity index (χ1v) is 7.17. The van der Waals surface area contributed by atoms with Crippen LogP contribution in [0.1, 0.15) is 23.7 Å². The first-order valence-electron chi connectivity index (χ1n) is 7.17. The van der Waals surface area contributed by atoms with E-state index >= 15 is 0 Å². The van der Waals surface area contributed by atoms with Crippen molar-refractivity contribution in [2.45, 2.75) is 26.2 Å². The number of hydrogen-bond acceptors (Lipinski definition) is 3. The lowest BCUT2D eigenvalue weighted by Crippen LogP contribution is -2.36. The number of halogens is 4. The summed E-state index contributed by atoms with van der Waals surface area (Å²) in [6.45, 7) is 2.41. The van der Waals surface area contributed by atoms with Gasteiger partial charge in [0.1, 0.15) is 17.8 Å². The quantitative estimate of drug-likeness (QED) is 0.497. The maximum absolute atomic E-state index is 13.1. The number of aromatic nitrogens is 1. The largest absolute Gasteiger partial charge is 0.416 e. The Morgan fingerprint density at radius 2 is 2.04 bits per heavy atom. The van der Waals surface area contributed by atoms with Gasteiger partial charge in [-0.1, -0.05) is 11.2 Å². The van der Waals surface area contributed by atoms with Crippen LogP contribution >= 0.6 is 0 Å². The molecule has 0 aliphatic rings. The smallest absolute Gasteiger partial charge is 0.364 e. The van der Waals surface area contributed by atoms with Gasteiger partial charge in [0.2, 0.25) is 0 Å². The molecule has 0 bridgehead atoms. The minimum absolute atomic E-state index is 0.109. The summed E-state index contributed by atoms with van der Waals surface area (Å²) in [5.74, 6) is -0.621. The molecule has 0 radical (unpaired) electrons. The van der Waals surface area contributed by atoms with Gasteiger partial charge >= 0.3 is 6.18 Å². The lowest BCUT2D eigenvalue weighted by molar-refractivity contribution is -0.138. The van der Waals surface area contributed by atoms with Crippen molar-refractivity contribution in [3.05, 3.63) is 53.2 Å². The Labute approximate surface area is 135 Å². The maximum Gasteiger partial charge on any atom is 0.416 e. The molecule has 0 unspecified atom stereocenters. The van der Waals surface area contributed by atoms with Crippen LogP contribution in [0.25, 0.3) is 0 Å². The molecule has 0 atom stereocenters. The summed E-state index contributed by atoms with van der Waals surface area (Å²) in [5.41, 5.74) is -0.514. The molecule has 2 N–H and O–H groups in total. The molecule has 0 saturated carbocycles. The molecule has 2 rings (SSSR count). The number of benzene rings is 1. The molecule has 1 heterocycles. The number of hydrogen-bond donors (Lipinski definition) is 2. The fourth-order valence-corrected chi connectivity index (χ4v) is 1.96. The number of alkyl halides is 3. The lowest BCUT2D eigenvalue weighted by atomic mass is 10.1. The third-order valence-corrected chi connectivity index (χ3v) is 3.06. The highest BCUT2D eigenvalue weighted by molar-refractivity contribution is 5.79. The molecule has 0 amide bonds. The number of nitrogens with zero attached hydrogens (tertiary/aromatic N) is 2. The number of rotatable bonds is 5. The van der Waals surface area contributed by atoms with Crippen LogP contribution in [0.4, 0.5) is 17.6 Å². The highest BCUT2D eigenvalue weighted by atomic mass is 19.4. The standard InChI is InChI=1S/C15H16F4N4O/c1-2-20-14(22-9-12-5-6-24-23-12)21-8-10-3-4-11(16)7-13(10)15(17,18)19/h3-7H,2,8-9H2,1H3,(H2,20,21,22). The van der Waals surface area contributed by atoms with Gasteiger partial charge in [-0.25, -0.2) is 9.38 Å². The first-order chi connectivity index (χ1) is 11.4. The molecular formula is C15H16F4N4O. The Kier molecular flexibility index (Phi) is 5.78. The third-order valence-electron chi connectivity index (χ3n) is 3.06. The van der Waals surface area contributed by atoms with E-state index in [1.165, 1.54) is 6.26 Å². The molecule has 130 valence electrons. The average Bonchev–Trinajstić information content (AvgIpc) is 3.03. The predicted octanol–water partition coefficient (Wildman–Crippen LogP) is 3.09. The predicted molar refractivity (Wildman–Crippen MR) is 79.6 cm³/mol. The molecule has 0 fully saturated rings. The molecular weight excluding hydrogens is 328 g/mol. The van der Waals surface area contributed by atoms with Gasteiger partial charge in [-0.05, 0) is 24.6 Å². The first kappa shape index (κ1) is 17.8. The van der Waals surface area contributed by atoms with E-state index in [4.69, 9.17) is 0 Å². The van der Waals surface area contributed by atoms with Crippen LogP contribution in [0.5, 0.6) is 0 Å². The molecule has 0 aliphatic heterocycles. The Morgan fingerprint density at radius 3 is 2.67 bits per heavy atom. The Morgan fingerprint density at radius 1 is 1.25 bits per heavy atom. The molecule has 9 heteroatoms. The summed E-state index contributed by atoms with van der Waals surface area (Å²) < 4.78 is 56.7. The minimum atomic E-state index is -4.64. The normalized spacial score (nSPS) is 12.3. The van der Waals surface area contributed by atoms with Gasteiger partial charge in [-0.3, -0.25) is 0 Å². The average molecular weight is 344 g/mol. The molecule has 1 aromatic heterocycles. The van der Waals surface area contributed by atoms with Gasteiger partial charge in [0.15, 0.2) is 5.96 Å². The summed E-state index contributed by atoms with van der Waals surface area (Å²) >= 11 is 0. The van der Waals surface area contributed by atoms with E-state index in [0.717, 1.165) is 12.1 Å². The van der Waals surface area contributed by atoms with Crippen LogP contribution < -0.4 is 10.6 Å². The maximum atomic E-state index is 13.1. The SMILES string of the molecule is CCNC(=NCc1ccc(F)cc1C(F)(F)F)NCc1ccon1. The van der Waals surface area contributed by atoms with Crippen LogP contribution in [-0.4, -0.2) is 17.7 Å². The molecule has 0 spiro atoms. The van der Waals surface area contributed by atoms with Gasteiger partial charge < -0.3 is 15.2 Å². The summed E-state index contributed by atoms with van der Waals surface area (Å²) in [6, 6.07) is 4.19.